The lowest BCUT2D eigenvalue weighted by atomic mass is 10.1. The molecule has 2 N–H and O–H groups in total. The molecule has 1 heterocycles. The Hall–Kier alpha value is -1.49. The van der Waals surface area contributed by atoms with Crippen LogP contribution < -0.4 is 5.32 Å². The summed E-state index contributed by atoms with van der Waals surface area (Å²) in [7, 11) is 0. The minimum atomic E-state index is -0.773. The molecule has 0 bridgehead atoms. The first-order chi connectivity index (χ1) is 9.97. The monoisotopic (exact) mass is 327 g/mol. The Morgan fingerprint density at radius 3 is 2.81 bits per heavy atom. The van der Waals surface area contributed by atoms with Gasteiger partial charge in [-0.15, -0.1) is 0 Å². The first-order valence-corrected chi connectivity index (χ1v) is 7.20. The van der Waals surface area contributed by atoms with Crippen LogP contribution in [-0.2, 0) is 0 Å². The van der Waals surface area contributed by atoms with E-state index in [1.54, 1.807) is 31.2 Å². The summed E-state index contributed by atoms with van der Waals surface area (Å²) < 4.78 is 5.12. The molecule has 0 spiro atoms. The number of halogens is 2. The number of benzene rings is 1. The van der Waals surface area contributed by atoms with E-state index in [2.05, 4.69) is 5.32 Å². The Morgan fingerprint density at radius 2 is 2.14 bits per heavy atom. The van der Waals surface area contributed by atoms with Crippen molar-refractivity contribution in [1.29, 1.82) is 0 Å². The van der Waals surface area contributed by atoms with Gasteiger partial charge in [0, 0.05) is 17.5 Å². The summed E-state index contributed by atoms with van der Waals surface area (Å²) in [6.07, 6.45) is 1.05. The Bertz CT molecular complexity index is 613. The second-order valence-corrected chi connectivity index (χ2v) is 5.61. The zero-order chi connectivity index (χ0) is 15.4. The van der Waals surface area contributed by atoms with Crippen molar-refractivity contribution in [2.45, 2.75) is 25.5 Å². The normalized spacial score (nSPS) is 13.7. The second-order valence-electron chi connectivity index (χ2n) is 4.77. The Balaban J connectivity index is 1.97. The number of aliphatic hydroxyl groups excluding tert-OH is 1. The highest BCUT2D eigenvalue weighted by atomic mass is 35.5. The van der Waals surface area contributed by atoms with E-state index in [1.165, 1.54) is 12.3 Å². The van der Waals surface area contributed by atoms with Gasteiger partial charge in [-0.25, -0.2) is 0 Å². The van der Waals surface area contributed by atoms with Crippen LogP contribution in [0.4, 0.5) is 0 Å². The molecule has 2 unspecified atom stereocenters. The van der Waals surface area contributed by atoms with E-state index in [0.29, 0.717) is 27.8 Å². The average molecular weight is 328 g/mol. The van der Waals surface area contributed by atoms with Crippen molar-refractivity contribution in [3.63, 3.8) is 0 Å². The number of hydrogen-bond donors (Lipinski definition) is 2. The van der Waals surface area contributed by atoms with Gasteiger partial charge in [-0.05, 0) is 37.3 Å². The Labute approximate surface area is 132 Å². The quantitative estimate of drug-likeness (QED) is 0.877. The van der Waals surface area contributed by atoms with Gasteiger partial charge < -0.3 is 14.8 Å². The second kappa shape index (κ2) is 6.98. The summed E-state index contributed by atoms with van der Waals surface area (Å²) in [4.78, 5) is 12.1. The van der Waals surface area contributed by atoms with Gasteiger partial charge in [0.05, 0.1) is 16.8 Å². The number of carbonyl (C=O) groups excluding carboxylic acids is 1. The first kappa shape index (κ1) is 15.9. The number of hydrogen-bond acceptors (Lipinski definition) is 3. The van der Waals surface area contributed by atoms with Crippen molar-refractivity contribution < 1.29 is 14.3 Å². The molecule has 0 aliphatic carbocycles. The number of amides is 1. The highest BCUT2D eigenvalue weighted by Gasteiger charge is 2.18. The molecule has 0 fully saturated rings. The van der Waals surface area contributed by atoms with E-state index in [9.17, 15) is 9.90 Å². The molecule has 0 aliphatic heterocycles. The van der Waals surface area contributed by atoms with Crippen LogP contribution in [-0.4, -0.2) is 17.1 Å². The summed E-state index contributed by atoms with van der Waals surface area (Å²) in [6, 6.07) is 7.83. The lowest BCUT2D eigenvalue weighted by Crippen LogP contribution is -2.33. The van der Waals surface area contributed by atoms with Crippen molar-refractivity contribution in [3.05, 3.63) is 58.0 Å². The zero-order valence-corrected chi connectivity index (χ0v) is 12.9. The number of carbonyl (C=O) groups is 1. The standard InChI is InChI=1S/C15H15Cl2NO3/c1-9(7-13(19)14-3-2-6-21-14)18-15(20)11-8-10(16)4-5-12(11)17/h2-6,8-9,13,19H,7H2,1H3,(H,18,20). The summed E-state index contributed by atoms with van der Waals surface area (Å²) in [5.41, 5.74) is 0.309. The number of nitrogens with one attached hydrogen (secondary N) is 1. The van der Waals surface area contributed by atoms with Gasteiger partial charge in [0.2, 0.25) is 0 Å². The largest absolute Gasteiger partial charge is 0.467 e. The molecule has 2 rings (SSSR count). The zero-order valence-electron chi connectivity index (χ0n) is 11.3. The molecule has 112 valence electrons. The smallest absolute Gasteiger partial charge is 0.253 e. The van der Waals surface area contributed by atoms with E-state index in [-0.39, 0.29) is 11.9 Å². The van der Waals surface area contributed by atoms with Crippen LogP contribution in [0.2, 0.25) is 10.0 Å². The van der Waals surface area contributed by atoms with Gasteiger partial charge in [-0.1, -0.05) is 23.2 Å². The fourth-order valence-electron chi connectivity index (χ4n) is 1.96. The summed E-state index contributed by atoms with van der Waals surface area (Å²) >= 11 is 11.8. The van der Waals surface area contributed by atoms with Gasteiger partial charge in [-0.2, -0.15) is 0 Å². The van der Waals surface area contributed by atoms with E-state index in [0.717, 1.165) is 0 Å². The van der Waals surface area contributed by atoms with Gasteiger partial charge >= 0.3 is 0 Å². The molecular weight excluding hydrogens is 313 g/mol. The molecule has 0 aliphatic rings. The molecule has 2 atom stereocenters. The van der Waals surface area contributed by atoms with Gasteiger partial charge in [0.15, 0.2) is 0 Å². The molecule has 0 saturated carbocycles. The molecule has 4 nitrogen and oxygen atoms in total. The minimum absolute atomic E-state index is 0.257. The number of aliphatic hydroxyl groups is 1. The minimum Gasteiger partial charge on any atom is -0.467 e. The van der Waals surface area contributed by atoms with Crippen molar-refractivity contribution in [2.24, 2.45) is 0 Å². The number of furan rings is 1. The third-order valence-corrected chi connectivity index (χ3v) is 3.56. The Morgan fingerprint density at radius 1 is 1.38 bits per heavy atom. The molecule has 1 amide bonds. The lowest BCUT2D eigenvalue weighted by Gasteiger charge is -2.17. The van der Waals surface area contributed by atoms with Gasteiger partial charge in [0.1, 0.15) is 11.9 Å². The van der Waals surface area contributed by atoms with Gasteiger partial charge in [-0.3, -0.25) is 4.79 Å². The summed E-state index contributed by atoms with van der Waals surface area (Å²) in [5, 5.41) is 13.5. The predicted octanol–water partition coefficient (Wildman–Crippen LogP) is 3.83. The van der Waals surface area contributed by atoms with E-state index >= 15 is 0 Å². The van der Waals surface area contributed by atoms with Crippen molar-refractivity contribution in [1.82, 2.24) is 5.32 Å². The van der Waals surface area contributed by atoms with Crippen LogP contribution in [0.25, 0.3) is 0 Å². The van der Waals surface area contributed by atoms with Crippen LogP contribution in [0.5, 0.6) is 0 Å². The SMILES string of the molecule is CC(CC(O)c1ccco1)NC(=O)c1cc(Cl)ccc1Cl. The first-order valence-electron chi connectivity index (χ1n) is 6.44. The summed E-state index contributed by atoms with van der Waals surface area (Å²) in [5.74, 6) is 0.138. The van der Waals surface area contributed by atoms with E-state index in [1.807, 2.05) is 0 Å². The van der Waals surface area contributed by atoms with Crippen molar-refractivity contribution in [3.8, 4) is 0 Å². The van der Waals surface area contributed by atoms with Crippen LogP contribution in [0.15, 0.2) is 41.0 Å². The maximum Gasteiger partial charge on any atom is 0.253 e. The van der Waals surface area contributed by atoms with Crippen LogP contribution in [0, 0.1) is 0 Å². The van der Waals surface area contributed by atoms with Crippen LogP contribution >= 0.6 is 23.2 Å². The predicted molar refractivity (Wildman–Crippen MR) is 81.7 cm³/mol. The van der Waals surface area contributed by atoms with E-state index in [4.69, 9.17) is 27.6 Å². The van der Waals surface area contributed by atoms with Crippen LogP contribution in [0.3, 0.4) is 0 Å². The molecule has 21 heavy (non-hydrogen) atoms. The van der Waals surface area contributed by atoms with E-state index < -0.39 is 6.10 Å². The van der Waals surface area contributed by atoms with Crippen molar-refractivity contribution >= 4 is 29.1 Å². The summed E-state index contributed by atoms with van der Waals surface area (Å²) in [6.45, 7) is 1.79. The fraction of sp³-hybridized carbons (Fsp3) is 0.267. The maximum absolute atomic E-state index is 12.1. The Kier molecular flexibility index (Phi) is 5.28. The third kappa shape index (κ3) is 4.24. The molecular formula is C15H15Cl2NO3. The fourth-order valence-corrected chi connectivity index (χ4v) is 2.34. The lowest BCUT2D eigenvalue weighted by molar-refractivity contribution is 0.0903. The average Bonchev–Trinajstić information content (AvgIpc) is 2.95. The third-order valence-electron chi connectivity index (χ3n) is 3.00. The number of rotatable bonds is 5. The molecule has 1 aromatic carbocycles. The van der Waals surface area contributed by atoms with Crippen molar-refractivity contribution in [2.75, 3.05) is 0 Å². The van der Waals surface area contributed by atoms with Gasteiger partial charge in [0.25, 0.3) is 5.91 Å². The molecule has 0 radical (unpaired) electrons. The highest BCUT2D eigenvalue weighted by molar-refractivity contribution is 6.35. The van der Waals surface area contributed by atoms with Crippen LogP contribution in [0.1, 0.15) is 35.6 Å². The molecule has 2 aromatic rings. The maximum atomic E-state index is 12.1. The highest BCUT2D eigenvalue weighted by Crippen LogP contribution is 2.22. The molecule has 1 aromatic heterocycles. The molecule has 6 heteroatoms. The molecule has 0 saturated heterocycles. The topological polar surface area (TPSA) is 62.5 Å².